The molecule has 0 radical (unpaired) electrons. The number of carbonyl (C=O) groups excluding carboxylic acids is 1. The van der Waals surface area contributed by atoms with Gasteiger partial charge in [0, 0.05) is 11.3 Å². The van der Waals surface area contributed by atoms with Gasteiger partial charge >= 0.3 is 5.63 Å². The molecule has 1 aromatic carbocycles. The highest BCUT2D eigenvalue weighted by Crippen LogP contribution is 2.37. The van der Waals surface area contributed by atoms with Crippen molar-refractivity contribution < 1.29 is 18.7 Å². The predicted molar refractivity (Wildman–Crippen MR) is 114 cm³/mol. The average molecular weight is 429 g/mol. The van der Waals surface area contributed by atoms with Crippen LogP contribution >= 0.6 is 11.3 Å². The summed E-state index contributed by atoms with van der Waals surface area (Å²) < 4.78 is 16.1. The van der Waals surface area contributed by atoms with Gasteiger partial charge in [-0.05, 0) is 37.5 Å². The molecule has 30 heavy (non-hydrogen) atoms. The summed E-state index contributed by atoms with van der Waals surface area (Å²) in [5.41, 5.74) is 0.688. The molecule has 1 N–H and O–H groups in total. The van der Waals surface area contributed by atoms with Gasteiger partial charge in [0.15, 0.2) is 11.3 Å². The molecule has 1 aliphatic carbocycles. The van der Waals surface area contributed by atoms with Gasteiger partial charge in [-0.1, -0.05) is 24.2 Å². The Hall–Kier alpha value is -2.94. The molecule has 1 fully saturated rings. The number of nitrogens with zero attached hydrogens (tertiary/aromatic N) is 2. The van der Waals surface area contributed by atoms with Crippen molar-refractivity contribution in [1.82, 2.24) is 10.2 Å². The fraction of sp³-hybridized carbons (Fsp3) is 0.429. The first-order valence-corrected chi connectivity index (χ1v) is 10.6. The molecule has 9 heteroatoms. The maximum atomic E-state index is 12.6. The van der Waals surface area contributed by atoms with Gasteiger partial charge in [-0.15, -0.1) is 10.2 Å². The van der Waals surface area contributed by atoms with Crippen LogP contribution in [0.15, 0.2) is 21.3 Å². The van der Waals surface area contributed by atoms with Gasteiger partial charge in [0.25, 0.3) is 0 Å². The number of methoxy groups -OCH3 is 2. The molecule has 2 heterocycles. The first-order chi connectivity index (χ1) is 14.5. The molecule has 2 aromatic heterocycles. The Labute approximate surface area is 177 Å². The Morgan fingerprint density at radius 3 is 2.70 bits per heavy atom. The molecular formula is C21H23N3O5S. The fourth-order valence-electron chi connectivity index (χ4n) is 3.92. The summed E-state index contributed by atoms with van der Waals surface area (Å²) in [6, 6.07) is 3.53. The van der Waals surface area contributed by atoms with Crippen LogP contribution in [0.25, 0.3) is 11.0 Å². The maximum Gasteiger partial charge on any atom is 0.340 e. The topological polar surface area (TPSA) is 104 Å². The minimum Gasteiger partial charge on any atom is -0.493 e. The molecule has 1 saturated carbocycles. The van der Waals surface area contributed by atoms with Gasteiger partial charge in [-0.2, -0.15) is 0 Å². The van der Waals surface area contributed by atoms with E-state index in [0.717, 1.165) is 17.8 Å². The van der Waals surface area contributed by atoms with E-state index in [9.17, 15) is 9.59 Å². The summed E-state index contributed by atoms with van der Waals surface area (Å²) in [7, 11) is 2.99. The average Bonchev–Trinajstić information content (AvgIpc) is 3.42. The van der Waals surface area contributed by atoms with Crippen LogP contribution in [0.1, 0.15) is 47.7 Å². The highest BCUT2D eigenvalue weighted by Gasteiger charge is 2.23. The highest BCUT2D eigenvalue weighted by atomic mass is 32.1. The zero-order chi connectivity index (χ0) is 21.3. The van der Waals surface area contributed by atoms with Gasteiger partial charge in [0.05, 0.1) is 26.2 Å². The van der Waals surface area contributed by atoms with Gasteiger partial charge in [0.2, 0.25) is 16.8 Å². The van der Waals surface area contributed by atoms with E-state index >= 15 is 0 Å². The van der Waals surface area contributed by atoms with Crippen LogP contribution in [-0.4, -0.2) is 30.3 Å². The Balaban J connectivity index is 1.57. The van der Waals surface area contributed by atoms with Crippen molar-refractivity contribution >= 4 is 33.3 Å². The summed E-state index contributed by atoms with van der Waals surface area (Å²) in [6.07, 6.45) is 4.54. The van der Waals surface area contributed by atoms with Crippen LogP contribution in [0, 0.1) is 6.92 Å². The number of hydrogen-bond acceptors (Lipinski definition) is 8. The lowest BCUT2D eigenvalue weighted by molar-refractivity contribution is -0.115. The second-order valence-corrected chi connectivity index (χ2v) is 8.33. The highest BCUT2D eigenvalue weighted by molar-refractivity contribution is 7.15. The molecule has 3 aromatic rings. The first-order valence-electron chi connectivity index (χ1n) is 9.82. The Kier molecular flexibility index (Phi) is 5.72. The van der Waals surface area contributed by atoms with E-state index in [-0.39, 0.29) is 12.3 Å². The second kappa shape index (κ2) is 8.43. The van der Waals surface area contributed by atoms with Crippen molar-refractivity contribution in [3.63, 3.8) is 0 Å². The smallest absolute Gasteiger partial charge is 0.340 e. The second-order valence-electron chi connectivity index (χ2n) is 7.32. The third-order valence-electron chi connectivity index (χ3n) is 5.53. The number of rotatable bonds is 6. The lowest BCUT2D eigenvalue weighted by Crippen LogP contribution is -2.20. The number of nitrogens with one attached hydrogen (secondary N) is 1. The fourth-order valence-corrected chi connectivity index (χ4v) is 4.85. The van der Waals surface area contributed by atoms with E-state index in [1.165, 1.54) is 38.4 Å². The molecule has 0 aliphatic heterocycles. The lowest BCUT2D eigenvalue weighted by atomic mass is 10.0. The number of carbonyl (C=O) groups is 1. The van der Waals surface area contributed by atoms with Crippen LogP contribution in [0.4, 0.5) is 5.13 Å². The van der Waals surface area contributed by atoms with Crippen molar-refractivity contribution in [3.8, 4) is 11.5 Å². The number of ether oxygens (including phenoxy) is 2. The van der Waals surface area contributed by atoms with Crippen molar-refractivity contribution in [2.45, 2.75) is 44.9 Å². The van der Waals surface area contributed by atoms with Crippen LogP contribution in [0.2, 0.25) is 0 Å². The summed E-state index contributed by atoms with van der Waals surface area (Å²) in [6.45, 7) is 1.79. The third kappa shape index (κ3) is 3.77. The SMILES string of the molecule is COc1ccc2c(C)c(CC(=O)Nc3nnc(C4CCCC4)s3)c(=O)oc2c1OC. The van der Waals surface area contributed by atoms with E-state index in [1.54, 1.807) is 19.1 Å². The molecule has 1 aliphatic rings. The Bertz CT molecular complexity index is 1150. The molecule has 0 atom stereocenters. The quantitative estimate of drug-likeness (QED) is 0.594. The molecule has 4 rings (SSSR count). The Morgan fingerprint density at radius 1 is 1.23 bits per heavy atom. The van der Waals surface area contributed by atoms with E-state index in [1.807, 2.05) is 0 Å². The summed E-state index contributed by atoms with van der Waals surface area (Å²) in [4.78, 5) is 25.2. The zero-order valence-electron chi connectivity index (χ0n) is 17.1. The number of hydrogen-bond donors (Lipinski definition) is 1. The van der Waals surface area contributed by atoms with E-state index in [0.29, 0.717) is 44.6 Å². The predicted octanol–water partition coefficient (Wildman–Crippen LogP) is 3.81. The first kappa shape index (κ1) is 20.3. The van der Waals surface area contributed by atoms with Gasteiger partial charge in [-0.3, -0.25) is 4.79 Å². The van der Waals surface area contributed by atoms with E-state index in [4.69, 9.17) is 13.9 Å². The van der Waals surface area contributed by atoms with E-state index < -0.39 is 5.63 Å². The van der Waals surface area contributed by atoms with Gasteiger partial charge in [0.1, 0.15) is 5.01 Å². The number of anilines is 1. The third-order valence-corrected chi connectivity index (χ3v) is 6.53. The number of benzene rings is 1. The van der Waals surface area contributed by atoms with Crippen LogP contribution in [0.5, 0.6) is 11.5 Å². The lowest BCUT2D eigenvalue weighted by Gasteiger charge is -2.12. The van der Waals surface area contributed by atoms with Crippen LogP contribution in [0.3, 0.4) is 0 Å². The van der Waals surface area contributed by atoms with Gasteiger partial charge in [-0.25, -0.2) is 4.79 Å². The Morgan fingerprint density at radius 2 is 2.00 bits per heavy atom. The minimum absolute atomic E-state index is 0.114. The van der Waals surface area contributed by atoms with E-state index in [2.05, 4.69) is 15.5 Å². The molecule has 0 unspecified atom stereocenters. The van der Waals surface area contributed by atoms with Gasteiger partial charge < -0.3 is 19.2 Å². The van der Waals surface area contributed by atoms with Crippen molar-refractivity contribution in [1.29, 1.82) is 0 Å². The molecule has 0 saturated heterocycles. The molecule has 1 amide bonds. The standard InChI is InChI=1S/C21H23N3O5S/c1-11-13-8-9-15(27-2)18(28-3)17(13)29-20(26)14(11)10-16(25)22-21-24-23-19(30-21)12-6-4-5-7-12/h8-9,12H,4-7,10H2,1-3H3,(H,22,24,25). The molecule has 8 nitrogen and oxygen atoms in total. The van der Waals surface area contributed by atoms with Crippen molar-refractivity contribution in [2.24, 2.45) is 0 Å². The summed E-state index contributed by atoms with van der Waals surface area (Å²) in [5.74, 6) is 0.918. The van der Waals surface area contributed by atoms with Crippen LogP contribution in [-0.2, 0) is 11.2 Å². The minimum atomic E-state index is -0.578. The monoisotopic (exact) mass is 429 g/mol. The number of amides is 1. The molecular weight excluding hydrogens is 406 g/mol. The summed E-state index contributed by atoms with van der Waals surface area (Å²) in [5, 5.41) is 13.2. The maximum absolute atomic E-state index is 12.6. The number of aromatic nitrogens is 2. The number of fused-ring (bicyclic) bond motifs is 1. The van der Waals surface area contributed by atoms with Crippen molar-refractivity contribution in [3.05, 3.63) is 38.7 Å². The largest absolute Gasteiger partial charge is 0.493 e. The summed E-state index contributed by atoms with van der Waals surface area (Å²) >= 11 is 1.40. The van der Waals surface area contributed by atoms with Crippen LogP contribution < -0.4 is 20.4 Å². The zero-order valence-corrected chi connectivity index (χ0v) is 17.9. The molecule has 0 spiro atoms. The van der Waals surface area contributed by atoms with Crippen molar-refractivity contribution in [2.75, 3.05) is 19.5 Å². The normalized spacial score (nSPS) is 14.2. The number of aryl methyl sites for hydroxylation is 1. The molecule has 158 valence electrons. The molecule has 0 bridgehead atoms.